The Kier molecular flexibility index (Phi) is 5.09. The first-order valence-corrected chi connectivity index (χ1v) is 8.09. The van der Waals surface area contributed by atoms with E-state index in [1.807, 2.05) is 30.5 Å². The fraction of sp³-hybridized carbons (Fsp3) is 0.278. The molecule has 4 heteroatoms. The van der Waals surface area contributed by atoms with E-state index in [0.717, 1.165) is 43.3 Å². The minimum atomic E-state index is 0.751. The molecule has 22 heavy (non-hydrogen) atoms. The predicted octanol–water partition coefficient (Wildman–Crippen LogP) is 2.07. The Bertz CT molecular complexity index is 619. The Hall–Kier alpha value is -1.84. The lowest BCUT2D eigenvalue weighted by atomic mass is 10.2. The van der Waals surface area contributed by atoms with Crippen molar-refractivity contribution in [1.29, 1.82) is 0 Å². The average Bonchev–Trinajstić information content (AvgIpc) is 2.55. The van der Waals surface area contributed by atoms with E-state index in [-0.39, 0.29) is 0 Å². The van der Waals surface area contributed by atoms with Crippen molar-refractivity contribution in [2.45, 2.75) is 6.54 Å². The summed E-state index contributed by atoms with van der Waals surface area (Å²) < 4.78 is 0. The maximum absolute atomic E-state index is 5.98. The Morgan fingerprint density at radius 2 is 1.82 bits per heavy atom. The molecule has 1 saturated heterocycles. The van der Waals surface area contributed by atoms with Gasteiger partial charge < -0.3 is 4.90 Å². The molecule has 0 amide bonds. The maximum Gasteiger partial charge on any atom is 0.103 e. The lowest BCUT2D eigenvalue weighted by Crippen LogP contribution is -3.13. The molecule has 0 aromatic heterocycles. The Morgan fingerprint density at radius 3 is 2.55 bits per heavy atom. The van der Waals surface area contributed by atoms with Crippen LogP contribution in [0, 0.1) is 0 Å². The van der Waals surface area contributed by atoms with Gasteiger partial charge in [-0.3, -0.25) is 5.01 Å². The molecule has 3 rings (SSSR count). The van der Waals surface area contributed by atoms with Gasteiger partial charge in [-0.1, -0.05) is 54.1 Å². The van der Waals surface area contributed by atoms with Crippen LogP contribution in [-0.2, 0) is 6.54 Å². The number of halogens is 1. The Balaban J connectivity index is 1.49. The molecule has 1 aliphatic heterocycles. The topological polar surface area (TPSA) is 20.0 Å². The van der Waals surface area contributed by atoms with E-state index in [1.165, 1.54) is 5.56 Å². The standard InChI is InChI=1S/C18H20ClN3/c19-18-8-4-7-17(13-18)14-20-22-11-9-21(10-12-22)15-16-5-2-1-3-6-16/h1-8,13-14H,9-12,15H2/p+1. The number of quaternary nitrogens is 1. The number of rotatable bonds is 4. The molecule has 1 fully saturated rings. The van der Waals surface area contributed by atoms with Crippen LogP contribution in [0.2, 0.25) is 5.02 Å². The SMILES string of the molecule is Clc1cccc(C=NN2CC[NH+](Cc3ccccc3)CC2)c1. The zero-order valence-corrected chi connectivity index (χ0v) is 13.3. The van der Waals surface area contributed by atoms with Gasteiger partial charge in [-0.05, 0) is 17.7 Å². The van der Waals surface area contributed by atoms with Crippen molar-refractivity contribution in [2.75, 3.05) is 26.2 Å². The van der Waals surface area contributed by atoms with Crippen molar-refractivity contribution in [1.82, 2.24) is 5.01 Å². The molecule has 1 heterocycles. The predicted molar refractivity (Wildman–Crippen MR) is 91.5 cm³/mol. The van der Waals surface area contributed by atoms with Crippen LogP contribution >= 0.6 is 11.6 Å². The summed E-state index contributed by atoms with van der Waals surface area (Å²) in [5.74, 6) is 0. The van der Waals surface area contributed by atoms with Crippen LogP contribution in [0.15, 0.2) is 59.7 Å². The molecule has 0 unspecified atom stereocenters. The van der Waals surface area contributed by atoms with Crippen molar-refractivity contribution >= 4 is 17.8 Å². The minimum absolute atomic E-state index is 0.751. The molecule has 0 bridgehead atoms. The monoisotopic (exact) mass is 314 g/mol. The molecule has 0 aliphatic carbocycles. The highest BCUT2D eigenvalue weighted by Crippen LogP contribution is 2.09. The number of nitrogens with zero attached hydrogens (tertiary/aromatic N) is 2. The van der Waals surface area contributed by atoms with E-state index >= 15 is 0 Å². The van der Waals surface area contributed by atoms with Gasteiger partial charge in [0.05, 0.1) is 32.4 Å². The fourth-order valence-electron chi connectivity index (χ4n) is 2.72. The number of piperazine rings is 1. The van der Waals surface area contributed by atoms with Gasteiger partial charge in [-0.25, -0.2) is 0 Å². The van der Waals surface area contributed by atoms with Gasteiger partial charge in [-0.2, -0.15) is 5.10 Å². The van der Waals surface area contributed by atoms with E-state index in [2.05, 4.69) is 40.4 Å². The van der Waals surface area contributed by atoms with Crippen molar-refractivity contribution in [3.8, 4) is 0 Å². The summed E-state index contributed by atoms with van der Waals surface area (Å²) in [7, 11) is 0. The first kappa shape index (κ1) is 15.1. The number of hydrazone groups is 1. The lowest BCUT2D eigenvalue weighted by Gasteiger charge is -2.30. The summed E-state index contributed by atoms with van der Waals surface area (Å²) in [4.78, 5) is 1.63. The van der Waals surface area contributed by atoms with Crippen LogP contribution < -0.4 is 4.90 Å². The van der Waals surface area contributed by atoms with Crippen LogP contribution in [-0.4, -0.2) is 37.4 Å². The molecule has 2 aromatic rings. The molecule has 1 N–H and O–H groups in total. The van der Waals surface area contributed by atoms with E-state index in [9.17, 15) is 0 Å². The quantitative estimate of drug-likeness (QED) is 0.857. The first-order valence-electron chi connectivity index (χ1n) is 7.71. The summed E-state index contributed by atoms with van der Waals surface area (Å²) >= 11 is 5.98. The van der Waals surface area contributed by atoms with Crippen LogP contribution in [0.3, 0.4) is 0 Å². The largest absolute Gasteiger partial charge is 0.328 e. The molecule has 0 saturated carbocycles. The minimum Gasteiger partial charge on any atom is -0.328 e. The van der Waals surface area contributed by atoms with Crippen LogP contribution in [0.5, 0.6) is 0 Å². The third-order valence-electron chi connectivity index (χ3n) is 3.96. The molecule has 0 atom stereocenters. The van der Waals surface area contributed by atoms with E-state index < -0.39 is 0 Å². The van der Waals surface area contributed by atoms with E-state index in [4.69, 9.17) is 11.6 Å². The Labute approximate surface area is 136 Å². The summed E-state index contributed by atoms with van der Waals surface area (Å²) in [6, 6.07) is 18.5. The van der Waals surface area contributed by atoms with Gasteiger partial charge in [0.15, 0.2) is 0 Å². The summed E-state index contributed by atoms with van der Waals surface area (Å²) in [5, 5.41) is 7.47. The van der Waals surface area contributed by atoms with Crippen molar-refractivity contribution in [3.63, 3.8) is 0 Å². The molecule has 3 nitrogen and oxygen atoms in total. The molecule has 1 aliphatic rings. The molecule has 0 spiro atoms. The number of nitrogens with one attached hydrogen (secondary N) is 1. The van der Waals surface area contributed by atoms with Crippen molar-refractivity contribution in [2.24, 2.45) is 5.10 Å². The smallest absolute Gasteiger partial charge is 0.103 e. The van der Waals surface area contributed by atoms with Gasteiger partial charge in [0.1, 0.15) is 6.54 Å². The van der Waals surface area contributed by atoms with Gasteiger partial charge in [0.25, 0.3) is 0 Å². The third kappa shape index (κ3) is 4.33. The molecular weight excluding hydrogens is 294 g/mol. The van der Waals surface area contributed by atoms with Crippen molar-refractivity contribution < 1.29 is 4.90 Å². The normalized spacial score (nSPS) is 16.3. The van der Waals surface area contributed by atoms with Gasteiger partial charge in [0.2, 0.25) is 0 Å². The summed E-state index contributed by atoms with van der Waals surface area (Å²) in [6.07, 6.45) is 1.90. The molecular formula is C18H21ClN3+. The second-order valence-electron chi connectivity index (χ2n) is 5.67. The number of benzene rings is 2. The van der Waals surface area contributed by atoms with Crippen LogP contribution in [0.25, 0.3) is 0 Å². The zero-order chi connectivity index (χ0) is 15.2. The van der Waals surface area contributed by atoms with Gasteiger partial charge >= 0.3 is 0 Å². The highest BCUT2D eigenvalue weighted by Gasteiger charge is 2.18. The highest BCUT2D eigenvalue weighted by molar-refractivity contribution is 6.30. The average molecular weight is 315 g/mol. The number of hydrogen-bond donors (Lipinski definition) is 1. The second kappa shape index (κ2) is 7.43. The zero-order valence-electron chi connectivity index (χ0n) is 12.6. The highest BCUT2D eigenvalue weighted by atomic mass is 35.5. The van der Waals surface area contributed by atoms with Gasteiger partial charge in [-0.15, -0.1) is 0 Å². The fourth-order valence-corrected chi connectivity index (χ4v) is 2.92. The molecule has 2 aromatic carbocycles. The summed E-state index contributed by atoms with van der Waals surface area (Å²) in [6.45, 7) is 5.36. The molecule has 0 radical (unpaired) electrons. The Morgan fingerprint density at radius 1 is 1.05 bits per heavy atom. The number of hydrogen-bond acceptors (Lipinski definition) is 2. The summed E-state index contributed by atoms with van der Waals surface area (Å²) in [5.41, 5.74) is 2.46. The lowest BCUT2D eigenvalue weighted by molar-refractivity contribution is -0.918. The maximum atomic E-state index is 5.98. The first-order chi connectivity index (χ1) is 10.8. The van der Waals surface area contributed by atoms with Crippen LogP contribution in [0.1, 0.15) is 11.1 Å². The van der Waals surface area contributed by atoms with E-state index in [1.54, 1.807) is 4.90 Å². The van der Waals surface area contributed by atoms with Crippen LogP contribution in [0.4, 0.5) is 0 Å². The molecule has 114 valence electrons. The van der Waals surface area contributed by atoms with Gasteiger partial charge in [0, 0.05) is 10.6 Å². The van der Waals surface area contributed by atoms with Crippen molar-refractivity contribution in [3.05, 3.63) is 70.7 Å². The third-order valence-corrected chi connectivity index (χ3v) is 4.20. The van der Waals surface area contributed by atoms with E-state index in [0.29, 0.717) is 0 Å². The second-order valence-corrected chi connectivity index (χ2v) is 6.10.